The van der Waals surface area contributed by atoms with E-state index in [0.717, 1.165) is 47.2 Å². The Balaban J connectivity index is 1.19. The lowest BCUT2D eigenvalue weighted by molar-refractivity contribution is 0.174. The molecule has 0 spiro atoms. The van der Waals surface area contributed by atoms with Gasteiger partial charge in [-0.1, -0.05) is 53.5 Å². The Morgan fingerprint density at radius 2 is 1.90 bits per heavy atom. The van der Waals surface area contributed by atoms with Crippen LogP contribution in [0.5, 0.6) is 11.8 Å². The molecule has 1 saturated heterocycles. The topological polar surface area (TPSA) is 147 Å². The Labute approximate surface area is 285 Å². The van der Waals surface area contributed by atoms with Crippen molar-refractivity contribution in [2.24, 2.45) is 0 Å². The van der Waals surface area contributed by atoms with Crippen LogP contribution in [0.2, 0.25) is 10.0 Å². The van der Waals surface area contributed by atoms with Crippen LogP contribution in [-0.4, -0.2) is 62.6 Å². The molecule has 0 bridgehead atoms. The molecular formula is C35H31Cl2N5O6. The first-order valence-electron chi connectivity index (χ1n) is 15.6. The van der Waals surface area contributed by atoms with Crippen LogP contribution in [0, 0.1) is 11.3 Å². The molecule has 0 saturated carbocycles. The lowest BCUT2D eigenvalue weighted by atomic mass is 9.95. The van der Waals surface area contributed by atoms with E-state index in [-0.39, 0.29) is 53.8 Å². The predicted molar refractivity (Wildman–Crippen MR) is 179 cm³/mol. The number of rotatable bonds is 9. The zero-order chi connectivity index (χ0) is 33.5. The summed E-state index contributed by atoms with van der Waals surface area (Å²) < 4.78 is 19.2. The Morgan fingerprint density at radius 3 is 2.65 bits per heavy atom. The number of methoxy groups -OCH3 is 1. The maximum absolute atomic E-state index is 13.0. The van der Waals surface area contributed by atoms with Crippen LogP contribution in [0.3, 0.4) is 0 Å². The molecular weight excluding hydrogens is 657 g/mol. The summed E-state index contributed by atoms with van der Waals surface area (Å²) in [5.74, 6) is 0.826. The van der Waals surface area contributed by atoms with Crippen molar-refractivity contribution in [3.05, 3.63) is 91.3 Å². The number of fused-ring (bicyclic) bond motifs is 2. The van der Waals surface area contributed by atoms with Crippen molar-refractivity contribution >= 4 is 34.3 Å². The number of pyridine rings is 2. The zero-order valence-electron chi connectivity index (χ0n) is 25.9. The highest BCUT2D eigenvalue weighted by molar-refractivity contribution is 6.36. The number of hydrogen-bond acceptors (Lipinski definition) is 10. The SMILES string of the molecule is COc1nc(O[C@H]2CCc3c(-c4cccc(-c5nc6c(=O)n(CCO)cc(C#N)c6o5)c4Cl)cccc32)c(Cl)cc1CN1CC[C@@H](O)C1. The van der Waals surface area contributed by atoms with Crippen molar-refractivity contribution in [3.8, 4) is 40.4 Å². The standard InChI is InChI=1S/C35H31Cl2N5O6/c1-46-32-19(16-41-11-10-21(44)18-41)14-27(36)34(40-32)47-28-9-8-23-22(4-2-5-24(23)28)25-6-3-7-26(29(25)37)33-39-30-31(48-33)20(15-38)17-42(12-13-43)35(30)45/h2-7,14,17,21,28,43-44H,8-13,16,18H2,1H3/t21-,28+/m1/s1. The Hall–Kier alpha value is -4.44. The van der Waals surface area contributed by atoms with Crippen LogP contribution < -0.4 is 15.0 Å². The number of likely N-dealkylation sites (tertiary alicyclic amines) is 1. The van der Waals surface area contributed by atoms with E-state index in [0.29, 0.717) is 41.0 Å². The average Bonchev–Trinajstić information content (AvgIpc) is 3.83. The van der Waals surface area contributed by atoms with E-state index in [1.807, 2.05) is 42.5 Å². The second kappa shape index (κ2) is 13.2. The van der Waals surface area contributed by atoms with E-state index in [4.69, 9.17) is 37.1 Å². The second-order valence-corrected chi connectivity index (χ2v) is 12.7. The van der Waals surface area contributed by atoms with Crippen molar-refractivity contribution in [2.75, 3.05) is 26.8 Å². The van der Waals surface area contributed by atoms with Crippen molar-refractivity contribution in [1.82, 2.24) is 19.4 Å². The lowest BCUT2D eigenvalue weighted by Crippen LogP contribution is -2.22. The van der Waals surface area contributed by atoms with E-state index in [1.54, 1.807) is 13.2 Å². The molecule has 1 fully saturated rings. The number of aliphatic hydroxyl groups excluding tert-OH is 2. The minimum atomic E-state index is -0.472. The highest BCUT2D eigenvalue weighted by Crippen LogP contribution is 2.45. The van der Waals surface area contributed by atoms with Crippen LogP contribution in [-0.2, 0) is 19.5 Å². The molecule has 0 unspecified atom stereocenters. The van der Waals surface area contributed by atoms with Crippen LogP contribution in [0.15, 0.2) is 57.9 Å². The number of aliphatic hydroxyl groups is 2. The van der Waals surface area contributed by atoms with Gasteiger partial charge in [-0.3, -0.25) is 9.69 Å². The number of β-amino-alcohol motifs (C(OH)–C–C–N with tert-alkyl or cyclic N) is 1. The van der Waals surface area contributed by atoms with Crippen molar-refractivity contribution in [2.45, 2.75) is 44.6 Å². The van der Waals surface area contributed by atoms with Crippen molar-refractivity contribution < 1.29 is 24.1 Å². The molecule has 4 heterocycles. The Bertz CT molecular complexity index is 2140. The van der Waals surface area contributed by atoms with Crippen LogP contribution >= 0.6 is 23.2 Å². The summed E-state index contributed by atoms with van der Waals surface area (Å²) in [6, 6.07) is 15.3. The number of nitriles is 1. The Morgan fingerprint density at radius 1 is 1.10 bits per heavy atom. The van der Waals surface area contributed by atoms with Gasteiger partial charge in [0.2, 0.25) is 17.7 Å². The van der Waals surface area contributed by atoms with Crippen LogP contribution in [0.4, 0.5) is 0 Å². The first-order valence-corrected chi connectivity index (χ1v) is 16.3. The van der Waals surface area contributed by atoms with Gasteiger partial charge < -0.3 is 28.7 Å². The minimum absolute atomic E-state index is 0.00802. The molecule has 0 radical (unpaired) electrons. The number of oxazole rings is 1. The quantitative estimate of drug-likeness (QED) is 0.203. The normalized spacial score (nSPS) is 17.5. The maximum Gasteiger partial charge on any atom is 0.280 e. The summed E-state index contributed by atoms with van der Waals surface area (Å²) >= 11 is 13.7. The van der Waals surface area contributed by atoms with Crippen LogP contribution in [0.1, 0.15) is 41.2 Å². The highest BCUT2D eigenvalue weighted by Gasteiger charge is 2.30. The van der Waals surface area contributed by atoms with Crippen molar-refractivity contribution in [1.29, 1.82) is 5.26 Å². The first kappa shape index (κ1) is 32.1. The van der Waals surface area contributed by atoms with Gasteiger partial charge in [-0.05, 0) is 48.1 Å². The third-order valence-electron chi connectivity index (χ3n) is 8.89. The molecule has 2 N–H and O–H groups in total. The van der Waals surface area contributed by atoms with E-state index >= 15 is 0 Å². The summed E-state index contributed by atoms with van der Waals surface area (Å²) in [5.41, 5.74) is 4.75. The fourth-order valence-corrected chi connectivity index (χ4v) is 7.15. The fraction of sp³-hybridized carbons (Fsp3) is 0.314. The smallest absolute Gasteiger partial charge is 0.280 e. The van der Waals surface area contributed by atoms with Gasteiger partial charge in [-0.25, -0.2) is 4.98 Å². The van der Waals surface area contributed by atoms with Gasteiger partial charge in [0.15, 0.2) is 11.1 Å². The summed E-state index contributed by atoms with van der Waals surface area (Å²) in [6.45, 7) is 1.70. The van der Waals surface area contributed by atoms with Gasteiger partial charge >= 0.3 is 0 Å². The van der Waals surface area contributed by atoms with E-state index in [2.05, 4.69) is 14.9 Å². The molecule has 0 amide bonds. The number of halogens is 2. The molecule has 5 aromatic rings. The van der Waals surface area contributed by atoms with Gasteiger partial charge in [0, 0.05) is 43.5 Å². The summed E-state index contributed by atoms with van der Waals surface area (Å²) in [6.07, 6.45) is 2.87. The second-order valence-electron chi connectivity index (χ2n) is 11.9. The summed E-state index contributed by atoms with van der Waals surface area (Å²) in [4.78, 5) is 24.2. The highest BCUT2D eigenvalue weighted by atomic mass is 35.5. The summed E-state index contributed by atoms with van der Waals surface area (Å²) in [5, 5.41) is 29.7. The van der Waals surface area contributed by atoms with Gasteiger partial charge in [0.25, 0.3) is 5.56 Å². The number of aromatic nitrogens is 3. The van der Waals surface area contributed by atoms with Gasteiger partial charge in [-0.15, -0.1) is 0 Å². The first-order chi connectivity index (χ1) is 23.3. The number of nitrogens with zero attached hydrogens (tertiary/aromatic N) is 5. The largest absolute Gasteiger partial charge is 0.481 e. The molecule has 2 aromatic carbocycles. The van der Waals surface area contributed by atoms with Crippen molar-refractivity contribution in [3.63, 3.8) is 0 Å². The van der Waals surface area contributed by atoms with Gasteiger partial charge in [0.1, 0.15) is 22.8 Å². The minimum Gasteiger partial charge on any atom is -0.481 e. The molecule has 1 aliphatic carbocycles. The molecule has 3 aromatic heterocycles. The number of benzene rings is 2. The molecule has 48 heavy (non-hydrogen) atoms. The molecule has 246 valence electrons. The third-order valence-corrected chi connectivity index (χ3v) is 9.57. The zero-order valence-corrected chi connectivity index (χ0v) is 27.5. The number of ether oxygens (including phenoxy) is 2. The third kappa shape index (κ3) is 5.80. The molecule has 2 aliphatic rings. The average molecular weight is 689 g/mol. The van der Waals surface area contributed by atoms with E-state index in [1.165, 1.54) is 10.8 Å². The molecule has 7 rings (SSSR count). The Kier molecular flexibility index (Phi) is 8.85. The van der Waals surface area contributed by atoms with E-state index < -0.39 is 5.56 Å². The van der Waals surface area contributed by atoms with Gasteiger partial charge in [-0.2, -0.15) is 10.2 Å². The maximum atomic E-state index is 13.0. The lowest BCUT2D eigenvalue weighted by Gasteiger charge is -2.20. The molecule has 2 atom stereocenters. The van der Waals surface area contributed by atoms with Gasteiger partial charge in [0.05, 0.1) is 30.4 Å². The fourth-order valence-electron chi connectivity index (χ4n) is 6.62. The van der Waals surface area contributed by atoms with E-state index in [9.17, 15) is 20.3 Å². The molecule has 11 nitrogen and oxygen atoms in total. The molecule has 13 heteroatoms. The number of hydrogen-bond donors (Lipinski definition) is 2. The predicted octanol–water partition coefficient (Wildman–Crippen LogP) is 5.53. The molecule has 1 aliphatic heterocycles. The monoisotopic (exact) mass is 687 g/mol. The summed E-state index contributed by atoms with van der Waals surface area (Å²) in [7, 11) is 1.56. The van der Waals surface area contributed by atoms with Crippen LogP contribution in [0.25, 0.3) is 33.7 Å².